The number of hydrogen-bond acceptors (Lipinski definition) is 1. The maximum absolute atomic E-state index is 11.4. The number of benzene rings is 1. The molecular formula is C17H21NO. The molecule has 0 aliphatic carbocycles. The highest BCUT2D eigenvalue weighted by Crippen LogP contribution is 2.29. The van der Waals surface area contributed by atoms with Gasteiger partial charge >= 0.3 is 0 Å². The summed E-state index contributed by atoms with van der Waals surface area (Å²) in [6.07, 6.45) is 1.88. The molecule has 2 aromatic rings. The number of carbonyl (C=O) groups is 1. The van der Waals surface area contributed by atoms with Crippen LogP contribution in [0.3, 0.4) is 0 Å². The van der Waals surface area contributed by atoms with Crippen LogP contribution in [0, 0.1) is 27.7 Å². The van der Waals surface area contributed by atoms with E-state index in [0.29, 0.717) is 0 Å². The second kappa shape index (κ2) is 5.04. The summed E-state index contributed by atoms with van der Waals surface area (Å²) < 4.78 is 2.23. The molecule has 2 nitrogen and oxygen atoms in total. The summed E-state index contributed by atoms with van der Waals surface area (Å²) in [5.74, 6) is 0. The van der Waals surface area contributed by atoms with Gasteiger partial charge in [-0.05, 0) is 50.8 Å². The molecule has 0 bridgehead atoms. The Morgan fingerprint density at radius 1 is 1.05 bits per heavy atom. The van der Waals surface area contributed by atoms with E-state index >= 15 is 0 Å². The molecule has 19 heavy (non-hydrogen) atoms. The molecular weight excluding hydrogens is 234 g/mol. The molecule has 0 radical (unpaired) electrons. The number of para-hydroxylation sites is 1. The van der Waals surface area contributed by atoms with Crippen LogP contribution in [0.4, 0.5) is 0 Å². The maximum atomic E-state index is 11.4. The quantitative estimate of drug-likeness (QED) is 0.757. The van der Waals surface area contributed by atoms with Crippen molar-refractivity contribution in [3.05, 3.63) is 51.8 Å². The maximum Gasteiger partial charge on any atom is 0.152 e. The second-order valence-corrected chi connectivity index (χ2v) is 5.11. The lowest BCUT2D eigenvalue weighted by Crippen LogP contribution is -2.04. The third-order valence-corrected chi connectivity index (χ3v) is 3.96. The summed E-state index contributed by atoms with van der Waals surface area (Å²) in [6.45, 7) is 10.5. The molecule has 0 aliphatic heterocycles. The van der Waals surface area contributed by atoms with E-state index in [0.717, 1.165) is 29.5 Å². The summed E-state index contributed by atoms with van der Waals surface area (Å²) in [7, 11) is 0. The van der Waals surface area contributed by atoms with Crippen molar-refractivity contribution < 1.29 is 4.79 Å². The Morgan fingerprint density at radius 2 is 1.63 bits per heavy atom. The van der Waals surface area contributed by atoms with Crippen LogP contribution in [0.25, 0.3) is 5.69 Å². The Kier molecular flexibility index (Phi) is 3.61. The molecule has 0 saturated carbocycles. The Hall–Kier alpha value is -1.83. The average Bonchev–Trinajstić information content (AvgIpc) is 2.61. The topological polar surface area (TPSA) is 22.0 Å². The lowest BCUT2D eigenvalue weighted by Gasteiger charge is -2.15. The zero-order chi connectivity index (χ0) is 14.2. The highest BCUT2D eigenvalue weighted by Gasteiger charge is 2.18. The molecule has 1 aromatic heterocycles. The number of carbonyl (C=O) groups excluding carboxylic acids is 1. The normalized spacial score (nSPS) is 10.8. The average molecular weight is 255 g/mol. The number of aromatic nitrogens is 1. The van der Waals surface area contributed by atoms with Crippen molar-refractivity contribution in [1.82, 2.24) is 4.57 Å². The lowest BCUT2D eigenvalue weighted by atomic mass is 10.1. The van der Waals surface area contributed by atoms with E-state index in [4.69, 9.17) is 0 Å². The minimum atomic E-state index is 0.850. The van der Waals surface area contributed by atoms with Gasteiger partial charge in [0.2, 0.25) is 0 Å². The molecule has 0 amide bonds. The van der Waals surface area contributed by atoms with Gasteiger partial charge in [-0.15, -0.1) is 0 Å². The van der Waals surface area contributed by atoms with E-state index in [1.54, 1.807) is 0 Å². The number of hydrogen-bond donors (Lipinski definition) is 0. The number of aryl methyl sites for hydroxylation is 2. The molecule has 2 heteroatoms. The predicted octanol–water partition coefficient (Wildman–Crippen LogP) is 4.09. The molecule has 1 aromatic carbocycles. The van der Waals surface area contributed by atoms with E-state index < -0.39 is 0 Å². The van der Waals surface area contributed by atoms with Crippen LogP contribution in [-0.2, 0) is 6.42 Å². The third-order valence-electron chi connectivity index (χ3n) is 3.96. The van der Waals surface area contributed by atoms with E-state index in [1.165, 1.54) is 22.5 Å². The molecule has 1 heterocycles. The third kappa shape index (κ3) is 2.01. The monoisotopic (exact) mass is 255 g/mol. The van der Waals surface area contributed by atoms with Crippen LogP contribution < -0.4 is 0 Å². The zero-order valence-corrected chi connectivity index (χ0v) is 12.4. The van der Waals surface area contributed by atoms with Gasteiger partial charge in [-0.2, -0.15) is 0 Å². The molecule has 0 N–H and O–H groups in total. The van der Waals surface area contributed by atoms with Gasteiger partial charge in [0.05, 0.1) is 5.69 Å². The standard InChI is InChI=1S/C17H21NO/c1-6-15-13(4)18(14(5)16(15)10-19)17-11(2)8-7-9-12(17)3/h7-10H,6H2,1-5H3. The summed E-state index contributed by atoms with van der Waals surface area (Å²) in [5, 5.41) is 0. The lowest BCUT2D eigenvalue weighted by molar-refractivity contribution is 0.112. The fourth-order valence-electron chi connectivity index (χ4n) is 3.02. The largest absolute Gasteiger partial charge is 0.317 e. The second-order valence-electron chi connectivity index (χ2n) is 5.11. The van der Waals surface area contributed by atoms with Gasteiger partial charge < -0.3 is 4.57 Å². The van der Waals surface area contributed by atoms with Gasteiger partial charge in [-0.3, -0.25) is 4.79 Å². The highest BCUT2D eigenvalue weighted by molar-refractivity contribution is 5.81. The molecule has 100 valence electrons. The van der Waals surface area contributed by atoms with Crippen molar-refractivity contribution in [3.63, 3.8) is 0 Å². The van der Waals surface area contributed by atoms with Crippen molar-refractivity contribution in [2.75, 3.05) is 0 Å². The Labute approximate surface area is 115 Å². The molecule has 0 saturated heterocycles. The highest BCUT2D eigenvalue weighted by atomic mass is 16.1. The van der Waals surface area contributed by atoms with Crippen molar-refractivity contribution in [3.8, 4) is 5.69 Å². The van der Waals surface area contributed by atoms with Gasteiger partial charge in [0.25, 0.3) is 0 Å². The fourth-order valence-corrected chi connectivity index (χ4v) is 3.02. The van der Waals surface area contributed by atoms with E-state index in [9.17, 15) is 4.79 Å². The Balaban J connectivity index is 2.84. The molecule has 2 rings (SSSR count). The van der Waals surface area contributed by atoms with Gasteiger partial charge in [-0.25, -0.2) is 0 Å². The van der Waals surface area contributed by atoms with Crippen LogP contribution in [0.5, 0.6) is 0 Å². The minimum Gasteiger partial charge on any atom is -0.317 e. The first-order valence-corrected chi connectivity index (χ1v) is 6.75. The minimum absolute atomic E-state index is 0.850. The van der Waals surface area contributed by atoms with Gasteiger partial charge in [0.1, 0.15) is 0 Å². The summed E-state index contributed by atoms with van der Waals surface area (Å²) in [4.78, 5) is 11.4. The Morgan fingerprint density at radius 3 is 2.05 bits per heavy atom. The van der Waals surface area contributed by atoms with Crippen LogP contribution in [-0.4, -0.2) is 10.9 Å². The van der Waals surface area contributed by atoms with Crippen molar-refractivity contribution in [2.45, 2.75) is 41.0 Å². The van der Waals surface area contributed by atoms with E-state index in [2.05, 4.69) is 50.5 Å². The molecule has 0 fully saturated rings. The van der Waals surface area contributed by atoms with Crippen LogP contribution >= 0.6 is 0 Å². The molecule has 0 atom stereocenters. The number of nitrogens with zero attached hydrogens (tertiary/aromatic N) is 1. The molecule has 0 spiro atoms. The summed E-state index contributed by atoms with van der Waals surface area (Å²) >= 11 is 0. The summed E-state index contributed by atoms with van der Waals surface area (Å²) in [5.41, 5.74) is 7.92. The smallest absolute Gasteiger partial charge is 0.152 e. The van der Waals surface area contributed by atoms with Crippen molar-refractivity contribution >= 4 is 6.29 Å². The SMILES string of the molecule is CCc1c(C=O)c(C)n(-c2c(C)cccc2C)c1C. The fraction of sp³-hybridized carbons (Fsp3) is 0.353. The predicted molar refractivity (Wildman–Crippen MR) is 79.5 cm³/mol. The van der Waals surface area contributed by atoms with Crippen LogP contribution in [0.15, 0.2) is 18.2 Å². The first-order chi connectivity index (χ1) is 9.02. The van der Waals surface area contributed by atoms with Crippen LogP contribution in [0.2, 0.25) is 0 Å². The zero-order valence-electron chi connectivity index (χ0n) is 12.4. The van der Waals surface area contributed by atoms with Gasteiger partial charge in [0.15, 0.2) is 6.29 Å². The Bertz CT molecular complexity index is 615. The van der Waals surface area contributed by atoms with Gasteiger partial charge in [0, 0.05) is 17.0 Å². The van der Waals surface area contributed by atoms with Crippen molar-refractivity contribution in [1.29, 1.82) is 0 Å². The van der Waals surface area contributed by atoms with Crippen LogP contribution in [0.1, 0.15) is 45.4 Å². The first kappa shape index (κ1) is 13.6. The first-order valence-electron chi connectivity index (χ1n) is 6.75. The number of rotatable bonds is 3. The molecule has 0 aliphatic rings. The van der Waals surface area contributed by atoms with E-state index in [-0.39, 0.29) is 0 Å². The molecule has 0 unspecified atom stereocenters. The van der Waals surface area contributed by atoms with Crippen molar-refractivity contribution in [2.24, 2.45) is 0 Å². The number of aldehydes is 1. The van der Waals surface area contributed by atoms with Gasteiger partial charge in [-0.1, -0.05) is 25.1 Å². The summed E-state index contributed by atoms with van der Waals surface area (Å²) in [6, 6.07) is 6.31. The van der Waals surface area contributed by atoms with E-state index in [1.807, 2.05) is 6.92 Å².